The number of hydrogen-bond acceptors (Lipinski definition) is 4. The van der Waals surface area contributed by atoms with Crippen molar-refractivity contribution in [2.45, 2.75) is 19.4 Å². The maximum absolute atomic E-state index is 10.7. The quantitative estimate of drug-likeness (QED) is 0.578. The van der Waals surface area contributed by atoms with Crippen LogP contribution in [0.3, 0.4) is 0 Å². The van der Waals surface area contributed by atoms with Crippen molar-refractivity contribution in [1.29, 1.82) is 0 Å². The number of benzene rings is 1. The number of nitro groups is 1. The molecule has 0 fully saturated rings. The molecule has 0 bridgehead atoms. The molecule has 15 heavy (non-hydrogen) atoms. The van der Waals surface area contributed by atoms with Crippen molar-refractivity contribution in [3.8, 4) is 0 Å². The van der Waals surface area contributed by atoms with Gasteiger partial charge in [-0.15, -0.1) is 0 Å². The number of rotatable bonds is 4. The Kier molecular flexibility index (Phi) is 3.76. The van der Waals surface area contributed by atoms with Gasteiger partial charge in [-0.2, -0.15) is 0 Å². The molecule has 0 aliphatic heterocycles. The van der Waals surface area contributed by atoms with Gasteiger partial charge in [-0.1, -0.05) is 12.1 Å². The van der Waals surface area contributed by atoms with Crippen molar-refractivity contribution in [3.05, 3.63) is 39.4 Å². The third-order valence-electron chi connectivity index (χ3n) is 2.25. The van der Waals surface area contributed by atoms with Crippen LogP contribution in [0.15, 0.2) is 18.2 Å². The highest BCUT2D eigenvalue weighted by Gasteiger charge is 2.14. The van der Waals surface area contributed by atoms with Crippen molar-refractivity contribution in [1.82, 2.24) is 0 Å². The Morgan fingerprint density at radius 2 is 2.27 bits per heavy atom. The molecule has 82 valence electrons. The van der Waals surface area contributed by atoms with E-state index in [1.54, 1.807) is 19.1 Å². The molecule has 0 amide bonds. The first kappa shape index (κ1) is 11.6. The van der Waals surface area contributed by atoms with Gasteiger partial charge in [0.15, 0.2) is 0 Å². The van der Waals surface area contributed by atoms with Crippen LogP contribution in [0.5, 0.6) is 0 Å². The maximum Gasteiger partial charge on any atom is 0.272 e. The molecule has 0 radical (unpaired) electrons. The number of nitrogens with zero attached hydrogens (tertiary/aromatic N) is 1. The summed E-state index contributed by atoms with van der Waals surface area (Å²) in [5.74, 6) is 0. The van der Waals surface area contributed by atoms with Gasteiger partial charge in [-0.05, 0) is 25.5 Å². The molecule has 1 aromatic carbocycles. The Balaban J connectivity index is 3.02. The van der Waals surface area contributed by atoms with Gasteiger partial charge >= 0.3 is 0 Å². The number of aliphatic hydroxyl groups is 1. The van der Waals surface area contributed by atoms with E-state index >= 15 is 0 Å². The van der Waals surface area contributed by atoms with E-state index < -0.39 is 11.0 Å². The van der Waals surface area contributed by atoms with E-state index in [2.05, 4.69) is 0 Å². The van der Waals surface area contributed by atoms with Crippen LogP contribution in [0.2, 0.25) is 0 Å². The standard InChI is InChI=1S/C10H14N2O3/c1-7-2-3-8(10(13)4-5-11)6-9(7)12(14)15/h2-3,6,10,13H,4-5,11H2,1H3. The second-order valence-electron chi connectivity index (χ2n) is 3.40. The zero-order chi connectivity index (χ0) is 11.4. The molecule has 0 heterocycles. The lowest BCUT2D eigenvalue weighted by atomic mass is 10.0. The summed E-state index contributed by atoms with van der Waals surface area (Å²) in [4.78, 5) is 10.2. The summed E-state index contributed by atoms with van der Waals surface area (Å²) >= 11 is 0. The zero-order valence-corrected chi connectivity index (χ0v) is 8.51. The van der Waals surface area contributed by atoms with E-state index in [0.717, 1.165) is 0 Å². The summed E-state index contributed by atoms with van der Waals surface area (Å²) in [6.07, 6.45) is -0.325. The highest BCUT2D eigenvalue weighted by Crippen LogP contribution is 2.24. The minimum absolute atomic E-state index is 0.0311. The summed E-state index contributed by atoms with van der Waals surface area (Å²) in [5, 5.41) is 20.3. The van der Waals surface area contributed by atoms with E-state index in [-0.39, 0.29) is 5.69 Å². The van der Waals surface area contributed by atoms with Crippen molar-refractivity contribution < 1.29 is 10.0 Å². The second kappa shape index (κ2) is 4.86. The normalized spacial score (nSPS) is 12.5. The van der Waals surface area contributed by atoms with E-state index in [0.29, 0.717) is 24.1 Å². The van der Waals surface area contributed by atoms with E-state index in [1.165, 1.54) is 6.07 Å². The predicted octanol–water partition coefficient (Wildman–Crippen LogP) is 1.29. The highest BCUT2D eigenvalue weighted by molar-refractivity contribution is 5.43. The molecule has 5 heteroatoms. The molecule has 0 saturated carbocycles. The van der Waals surface area contributed by atoms with Crippen molar-refractivity contribution in [2.24, 2.45) is 5.73 Å². The van der Waals surface area contributed by atoms with Crippen LogP contribution in [0.4, 0.5) is 5.69 Å². The molecule has 0 aliphatic carbocycles. The molecular formula is C10H14N2O3. The minimum atomic E-state index is -0.728. The molecule has 1 atom stereocenters. The lowest BCUT2D eigenvalue weighted by Gasteiger charge is -2.09. The Hall–Kier alpha value is -1.46. The molecule has 1 unspecified atom stereocenters. The average Bonchev–Trinajstić information content (AvgIpc) is 2.18. The Labute approximate surface area is 87.7 Å². The van der Waals surface area contributed by atoms with Crippen LogP contribution in [0.25, 0.3) is 0 Å². The topological polar surface area (TPSA) is 89.4 Å². The summed E-state index contributed by atoms with van der Waals surface area (Å²) in [5.41, 5.74) is 6.46. The Morgan fingerprint density at radius 3 is 2.80 bits per heavy atom. The maximum atomic E-state index is 10.7. The van der Waals surface area contributed by atoms with Gasteiger partial charge in [0, 0.05) is 11.6 Å². The van der Waals surface area contributed by atoms with Crippen LogP contribution in [0, 0.1) is 17.0 Å². The molecule has 0 aliphatic rings. The molecular weight excluding hydrogens is 196 g/mol. The van der Waals surface area contributed by atoms with Crippen LogP contribution in [-0.4, -0.2) is 16.6 Å². The third kappa shape index (κ3) is 2.74. The Bertz CT molecular complexity index is 366. The lowest BCUT2D eigenvalue weighted by molar-refractivity contribution is -0.385. The van der Waals surface area contributed by atoms with Gasteiger partial charge < -0.3 is 10.8 Å². The van der Waals surface area contributed by atoms with Crippen molar-refractivity contribution in [2.75, 3.05) is 6.54 Å². The van der Waals surface area contributed by atoms with Gasteiger partial charge in [0.1, 0.15) is 0 Å². The third-order valence-corrected chi connectivity index (χ3v) is 2.25. The van der Waals surface area contributed by atoms with Gasteiger partial charge in [-0.25, -0.2) is 0 Å². The zero-order valence-electron chi connectivity index (χ0n) is 8.51. The minimum Gasteiger partial charge on any atom is -0.388 e. The number of hydrogen-bond donors (Lipinski definition) is 2. The van der Waals surface area contributed by atoms with Crippen molar-refractivity contribution >= 4 is 5.69 Å². The lowest BCUT2D eigenvalue weighted by Crippen LogP contribution is -2.07. The van der Waals surface area contributed by atoms with Crippen molar-refractivity contribution in [3.63, 3.8) is 0 Å². The fraction of sp³-hybridized carbons (Fsp3) is 0.400. The van der Waals surface area contributed by atoms with Crippen LogP contribution in [-0.2, 0) is 0 Å². The predicted molar refractivity (Wildman–Crippen MR) is 56.5 cm³/mol. The van der Waals surface area contributed by atoms with Gasteiger partial charge in [0.25, 0.3) is 5.69 Å². The largest absolute Gasteiger partial charge is 0.388 e. The summed E-state index contributed by atoms with van der Waals surface area (Å²) in [6, 6.07) is 4.71. The van der Waals surface area contributed by atoms with Gasteiger partial charge in [0.05, 0.1) is 11.0 Å². The average molecular weight is 210 g/mol. The summed E-state index contributed by atoms with van der Waals surface area (Å²) < 4.78 is 0. The van der Waals surface area contributed by atoms with Crippen LogP contribution >= 0.6 is 0 Å². The first-order valence-electron chi connectivity index (χ1n) is 4.69. The number of nitro benzene ring substituents is 1. The monoisotopic (exact) mass is 210 g/mol. The number of aryl methyl sites for hydroxylation is 1. The second-order valence-corrected chi connectivity index (χ2v) is 3.40. The van der Waals surface area contributed by atoms with Crippen LogP contribution in [0.1, 0.15) is 23.7 Å². The molecule has 0 spiro atoms. The first-order valence-corrected chi connectivity index (χ1v) is 4.69. The SMILES string of the molecule is Cc1ccc(C(O)CCN)cc1[N+](=O)[O-]. The molecule has 1 rings (SSSR count). The van der Waals surface area contributed by atoms with Crippen LogP contribution < -0.4 is 5.73 Å². The molecule has 0 aromatic heterocycles. The van der Waals surface area contributed by atoms with E-state index in [1.807, 2.05) is 0 Å². The summed E-state index contributed by atoms with van der Waals surface area (Å²) in [7, 11) is 0. The van der Waals surface area contributed by atoms with E-state index in [9.17, 15) is 15.2 Å². The molecule has 1 aromatic rings. The fourth-order valence-electron chi connectivity index (χ4n) is 1.35. The van der Waals surface area contributed by atoms with Gasteiger partial charge in [-0.3, -0.25) is 10.1 Å². The summed E-state index contributed by atoms with van der Waals surface area (Å²) in [6.45, 7) is 2.01. The van der Waals surface area contributed by atoms with E-state index in [4.69, 9.17) is 5.73 Å². The Morgan fingerprint density at radius 1 is 1.60 bits per heavy atom. The smallest absolute Gasteiger partial charge is 0.272 e. The number of nitrogens with two attached hydrogens (primary N) is 1. The highest BCUT2D eigenvalue weighted by atomic mass is 16.6. The molecule has 3 N–H and O–H groups in total. The number of aliphatic hydroxyl groups excluding tert-OH is 1. The molecule has 0 saturated heterocycles. The first-order chi connectivity index (χ1) is 7.06. The molecule has 5 nitrogen and oxygen atoms in total. The van der Waals surface area contributed by atoms with Gasteiger partial charge in [0.2, 0.25) is 0 Å². The fourth-order valence-corrected chi connectivity index (χ4v) is 1.35.